The third-order valence-electron chi connectivity index (χ3n) is 5.09. The molecule has 0 radical (unpaired) electrons. The molecule has 2 bridgehead atoms. The highest BCUT2D eigenvalue weighted by atomic mass is 79.9. The molecule has 1 aromatic rings. The Kier molecular flexibility index (Phi) is 4.82. The lowest BCUT2D eigenvalue weighted by molar-refractivity contribution is 0.0518. The fourth-order valence-electron chi connectivity index (χ4n) is 3.91. The molecule has 1 aliphatic heterocycles. The number of rotatable bonds is 3. The molecule has 0 aromatic heterocycles. The first-order valence-electron chi connectivity index (χ1n) is 8.00. The summed E-state index contributed by atoms with van der Waals surface area (Å²) in [6.45, 7) is 7.10. The maximum Gasteiger partial charge on any atom is 0.0568 e. The Morgan fingerprint density at radius 1 is 1.24 bits per heavy atom. The number of hydrogen-bond acceptors (Lipinski definition) is 2. The Bertz CT molecular complexity index is 492. The standard InChI is InChI=1S/C17H24BrClN2/c1-11(2)21-9-12-4-3-5-13(10-21)17(12)20-14-6-7-15(18)16(19)8-14/h6-8,11-13,17,20H,3-5,9-10H2,1-2H3. The molecular weight excluding hydrogens is 348 g/mol. The smallest absolute Gasteiger partial charge is 0.0568 e. The van der Waals surface area contributed by atoms with Gasteiger partial charge in [-0.3, -0.25) is 0 Å². The fraction of sp³-hybridized carbons (Fsp3) is 0.647. The van der Waals surface area contributed by atoms with Crippen LogP contribution in [-0.4, -0.2) is 30.1 Å². The minimum atomic E-state index is 0.603. The van der Waals surface area contributed by atoms with Gasteiger partial charge in [0, 0.05) is 35.3 Å². The van der Waals surface area contributed by atoms with Crippen molar-refractivity contribution in [2.24, 2.45) is 11.8 Å². The van der Waals surface area contributed by atoms with Gasteiger partial charge in [-0.05, 0) is 72.7 Å². The van der Waals surface area contributed by atoms with E-state index in [0.29, 0.717) is 12.1 Å². The first-order chi connectivity index (χ1) is 10.0. The Balaban J connectivity index is 1.74. The van der Waals surface area contributed by atoms with Crippen LogP contribution in [0.25, 0.3) is 0 Å². The third kappa shape index (κ3) is 3.40. The Morgan fingerprint density at radius 2 is 1.90 bits per heavy atom. The Labute approximate surface area is 141 Å². The maximum atomic E-state index is 6.22. The number of likely N-dealkylation sites (tertiary alicyclic amines) is 1. The van der Waals surface area contributed by atoms with Crippen molar-refractivity contribution in [3.63, 3.8) is 0 Å². The van der Waals surface area contributed by atoms with E-state index in [-0.39, 0.29) is 0 Å². The van der Waals surface area contributed by atoms with E-state index < -0.39 is 0 Å². The van der Waals surface area contributed by atoms with E-state index in [2.05, 4.69) is 46.1 Å². The normalized spacial score (nSPS) is 29.7. The zero-order valence-corrected chi connectivity index (χ0v) is 15.1. The van der Waals surface area contributed by atoms with Crippen LogP contribution in [0.1, 0.15) is 33.1 Å². The zero-order valence-electron chi connectivity index (χ0n) is 12.8. The summed E-state index contributed by atoms with van der Waals surface area (Å²) in [6, 6.07) is 7.46. The van der Waals surface area contributed by atoms with E-state index in [9.17, 15) is 0 Å². The van der Waals surface area contributed by atoms with E-state index in [0.717, 1.165) is 27.0 Å². The van der Waals surface area contributed by atoms with Crippen molar-refractivity contribution >= 4 is 33.2 Å². The molecular formula is C17H24BrClN2. The average molecular weight is 372 g/mol. The SMILES string of the molecule is CC(C)N1CC2CCCC(C1)C2Nc1ccc(Br)c(Cl)c1. The molecule has 1 saturated carbocycles. The van der Waals surface area contributed by atoms with Crippen LogP contribution in [0.2, 0.25) is 5.02 Å². The monoisotopic (exact) mass is 370 g/mol. The van der Waals surface area contributed by atoms with E-state index in [1.165, 1.54) is 32.4 Å². The van der Waals surface area contributed by atoms with E-state index in [1.54, 1.807) is 0 Å². The zero-order chi connectivity index (χ0) is 15.0. The van der Waals surface area contributed by atoms with Crippen molar-refractivity contribution in [2.45, 2.75) is 45.2 Å². The first-order valence-corrected chi connectivity index (χ1v) is 9.17. The largest absolute Gasteiger partial charge is 0.382 e. The summed E-state index contributed by atoms with van der Waals surface area (Å²) in [5, 5.41) is 4.56. The van der Waals surface area contributed by atoms with E-state index in [1.807, 2.05) is 12.1 Å². The molecule has 1 aromatic carbocycles. The van der Waals surface area contributed by atoms with Crippen LogP contribution in [0.4, 0.5) is 5.69 Å². The molecule has 1 N–H and O–H groups in total. The molecule has 21 heavy (non-hydrogen) atoms. The van der Waals surface area contributed by atoms with Gasteiger partial charge in [0.25, 0.3) is 0 Å². The number of hydrogen-bond donors (Lipinski definition) is 1. The van der Waals surface area contributed by atoms with Gasteiger partial charge in [-0.15, -0.1) is 0 Å². The summed E-state index contributed by atoms with van der Waals surface area (Å²) < 4.78 is 0.963. The predicted octanol–water partition coefficient (Wildman–Crippen LogP) is 5.02. The van der Waals surface area contributed by atoms with Crippen LogP contribution in [0.3, 0.4) is 0 Å². The molecule has 1 heterocycles. The van der Waals surface area contributed by atoms with E-state index in [4.69, 9.17) is 11.6 Å². The third-order valence-corrected chi connectivity index (χ3v) is 6.32. The molecule has 4 heteroatoms. The topological polar surface area (TPSA) is 15.3 Å². The highest BCUT2D eigenvalue weighted by Gasteiger charge is 2.39. The fourth-order valence-corrected chi connectivity index (χ4v) is 4.34. The van der Waals surface area contributed by atoms with Crippen molar-refractivity contribution in [1.29, 1.82) is 0 Å². The molecule has 2 fully saturated rings. The summed E-state index contributed by atoms with van der Waals surface area (Å²) in [4.78, 5) is 2.65. The molecule has 2 nitrogen and oxygen atoms in total. The average Bonchev–Trinajstić information content (AvgIpc) is 2.42. The van der Waals surface area contributed by atoms with Gasteiger partial charge in [0.2, 0.25) is 0 Å². The lowest BCUT2D eigenvalue weighted by Crippen LogP contribution is -2.56. The van der Waals surface area contributed by atoms with Crippen molar-refractivity contribution in [3.05, 3.63) is 27.7 Å². The van der Waals surface area contributed by atoms with Crippen LogP contribution < -0.4 is 5.32 Å². The number of fused-ring (bicyclic) bond motifs is 2. The quantitative estimate of drug-likeness (QED) is 0.802. The van der Waals surface area contributed by atoms with Gasteiger partial charge in [0.15, 0.2) is 0 Å². The molecule has 3 rings (SSSR count). The summed E-state index contributed by atoms with van der Waals surface area (Å²) in [7, 11) is 0. The van der Waals surface area contributed by atoms with Crippen LogP contribution in [-0.2, 0) is 0 Å². The first kappa shape index (κ1) is 15.6. The molecule has 116 valence electrons. The summed E-state index contributed by atoms with van der Waals surface area (Å²) in [5.74, 6) is 1.53. The number of nitrogens with one attached hydrogen (secondary N) is 1. The Morgan fingerprint density at radius 3 is 2.48 bits per heavy atom. The highest BCUT2D eigenvalue weighted by Crippen LogP contribution is 2.38. The molecule has 1 saturated heterocycles. The lowest BCUT2D eigenvalue weighted by Gasteiger charge is -2.49. The highest BCUT2D eigenvalue weighted by molar-refractivity contribution is 9.10. The molecule has 2 atom stereocenters. The van der Waals surface area contributed by atoms with Gasteiger partial charge >= 0.3 is 0 Å². The van der Waals surface area contributed by atoms with Crippen molar-refractivity contribution < 1.29 is 0 Å². The second-order valence-electron chi connectivity index (χ2n) is 6.80. The minimum Gasteiger partial charge on any atom is -0.382 e. The second-order valence-corrected chi connectivity index (χ2v) is 8.06. The van der Waals surface area contributed by atoms with Gasteiger partial charge in [0.05, 0.1) is 5.02 Å². The number of nitrogens with zero attached hydrogens (tertiary/aromatic N) is 1. The van der Waals surface area contributed by atoms with Crippen LogP contribution >= 0.6 is 27.5 Å². The van der Waals surface area contributed by atoms with Crippen molar-refractivity contribution in [3.8, 4) is 0 Å². The molecule has 1 aliphatic carbocycles. The van der Waals surface area contributed by atoms with Crippen molar-refractivity contribution in [2.75, 3.05) is 18.4 Å². The maximum absolute atomic E-state index is 6.22. The molecule has 0 amide bonds. The number of piperidine rings is 1. The summed E-state index contributed by atoms with van der Waals surface area (Å²) >= 11 is 9.68. The number of benzene rings is 1. The van der Waals surface area contributed by atoms with Crippen LogP contribution in [0.15, 0.2) is 22.7 Å². The minimum absolute atomic E-state index is 0.603. The van der Waals surface area contributed by atoms with E-state index >= 15 is 0 Å². The Hall–Kier alpha value is -0.250. The van der Waals surface area contributed by atoms with Gasteiger partial charge in [-0.1, -0.05) is 18.0 Å². The van der Waals surface area contributed by atoms with Gasteiger partial charge in [-0.25, -0.2) is 0 Å². The summed E-state index contributed by atoms with van der Waals surface area (Å²) in [6.07, 6.45) is 4.09. The van der Waals surface area contributed by atoms with Gasteiger partial charge < -0.3 is 10.2 Å². The molecule has 2 aliphatic rings. The van der Waals surface area contributed by atoms with Crippen LogP contribution in [0, 0.1) is 11.8 Å². The summed E-state index contributed by atoms with van der Waals surface area (Å²) in [5.41, 5.74) is 1.16. The van der Waals surface area contributed by atoms with Crippen molar-refractivity contribution in [1.82, 2.24) is 4.90 Å². The molecule has 0 spiro atoms. The second kappa shape index (κ2) is 6.47. The number of anilines is 1. The number of halogens is 2. The lowest BCUT2D eigenvalue weighted by atomic mass is 9.73. The van der Waals surface area contributed by atoms with Gasteiger partial charge in [0.1, 0.15) is 0 Å². The predicted molar refractivity (Wildman–Crippen MR) is 94.1 cm³/mol. The van der Waals surface area contributed by atoms with Gasteiger partial charge in [-0.2, -0.15) is 0 Å². The van der Waals surface area contributed by atoms with Crippen LogP contribution in [0.5, 0.6) is 0 Å². The molecule has 2 unspecified atom stereocenters.